The van der Waals surface area contributed by atoms with E-state index >= 15 is 0 Å². The average Bonchev–Trinajstić information content (AvgIpc) is 3.23. The minimum Gasteiger partial charge on any atom is -0.353 e. The fraction of sp³-hybridized carbons (Fsp3) is 0.577. The van der Waals surface area contributed by atoms with E-state index in [0.29, 0.717) is 30.6 Å². The molecule has 1 amide bonds. The lowest BCUT2D eigenvalue weighted by molar-refractivity contribution is -0.133. The summed E-state index contributed by atoms with van der Waals surface area (Å²) in [7, 11) is 0. The van der Waals surface area contributed by atoms with Crippen molar-refractivity contribution in [2.45, 2.75) is 57.8 Å². The quantitative estimate of drug-likeness (QED) is 0.552. The molecule has 1 aromatic carbocycles. The van der Waals surface area contributed by atoms with Crippen LogP contribution < -0.4 is 10.2 Å². The third kappa shape index (κ3) is 5.67. The molecule has 4 rings (SSSR count). The molecule has 0 bridgehead atoms. The van der Waals surface area contributed by atoms with Gasteiger partial charge in [0.2, 0.25) is 5.91 Å². The molecule has 1 saturated heterocycles. The van der Waals surface area contributed by atoms with Crippen molar-refractivity contribution in [1.29, 1.82) is 0 Å². The standard InChI is InChI=1S/C26H36ClN5O/c1-3-4-5-12-28-17-22(20-7-9-21(27)10-8-20)26(33)32-15-13-31(14-16-32)25-24-19(2)6-11-23(24)29-18-30-25/h7-10,18-19,22,28H,3-6,11-17H2,1-2H3. The lowest BCUT2D eigenvalue weighted by Gasteiger charge is -2.38. The van der Waals surface area contributed by atoms with Crippen molar-refractivity contribution >= 4 is 23.3 Å². The minimum atomic E-state index is -0.196. The van der Waals surface area contributed by atoms with Gasteiger partial charge in [-0.25, -0.2) is 9.97 Å². The Balaban J connectivity index is 1.41. The number of benzene rings is 1. The zero-order valence-corrected chi connectivity index (χ0v) is 20.7. The van der Waals surface area contributed by atoms with Gasteiger partial charge in [0, 0.05) is 49.0 Å². The number of rotatable bonds is 9. The molecule has 178 valence electrons. The number of carbonyl (C=O) groups excluding carboxylic acids is 1. The van der Waals surface area contributed by atoms with Crippen LogP contribution in [0.15, 0.2) is 30.6 Å². The number of fused-ring (bicyclic) bond motifs is 1. The van der Waals surface area contributed by atoms with E-state index in [9.17, 15) is 4.79 Å². The molecule has 1 N–H and O–H groups in total. The number of unbranched alkanes of at least 4 members (excludes halogenated alkanes) is 2. The first-order chi connectivity index (χ1) is 16.1. The Kier molecular flexibility index (Phi) is 8.20. The molecular weight excluding hydrogens is 434 g/mol. The highest BCUT2D eigenvalue weighted by Crippen LogP contribution is 2.37. The summed E-state index contributed by atoms with van der Waals surface area (Å²) in [5, 5.41) is 4.21. The highest BCUT2D eigenvalue weighted by atomic mass is 35.5. The maximum atomic E-state index is 13.6. The van der Waals surface area contributed by atoms with Crippen molar-refractivity contribution in [2.75, 3.05) is 44.2 Å². The van der Waals surface area contributed by atoms with Crippen molar-refractivity contribution in [3.8, 4) is 0 Å². The summed E-state index contributed by atoms with van der Waals surface area (Å²) in [6.07, 6.45) is 7.43. The summed E-state index contributed by atoms with van der Waals surface area (Å²) < 4.78 is 0. The number of aryl methyl sites for hydroxylation is 1. The molecule has 0 spiro atoms. The predicted octanol–water partition coefficient (Wildman–Crippen LogP) is 4.39. The van der Waals surface area contributed by atoms with Crippen LogP contribution in [0.2, 0.25) is 5.02 Å². The molecule has 1 aliphatic carbocycles. The van der Waals surface area contributed by atoms with Gasteiger partial charge in [-0.2, -0.15) is 0 Å². The molecule has 0 saturated carbocycles. The molecule has 2 unspecified atom stereocenters. The third-order valence-corrected chi connectivity index (χ3v) is 7.27. The second kappa shape index (κ2) is 11.3. The van der Waals surface area contributed by atoms with Gasteiger partial charge in [0.15, 0.2) is 0 Å². The summed E-state index contributed by atoms with van der Waals surface area (Å²) in [6, 6.07) is 7.73. The molecule has 7 heteroatoms. The summed E-state index contributed by atoms with van der Waals surface area (Å²) >= 11 is 6.10. The van der Waals surface area contributed by atoms with E-state index in [4.69, 9.17) is 11.6 Å². The first-order valence-corrected chi connectivity index (χ1v) is 12.8. The number of hydrogen-bond acceptors (Lipinski definition) is 5. The van der Waals surface area contributed by atoms with Crippen LogP contribution in [0.1, 0.15) is 68.2 Å². The summed E-state index contributed by atoms with van der Waals surface area (Å²) in [5.74, 6) is 1.58. The number of hydrogen-bond donors (Lipinski definition) is 1. The fourth-order valence-corrected chi connectivity index (χ4v) is 5.15. The van der Waals surface area contributed by atoms with Gasteiger partial charge in [-0.3, -0.25) is 4.79 Å². The Morgan fingerprint density at radius 1 is 1.15 bits per heavy atom. The van der Waals surface area contributed by atoms with Crippen LogP contribution in [0.4, 0.5) is 5.82 Å². The highest BCUT2D eigenvalue weighted by Gasteiger charge is 2.31. The molecule has 0 radical (unpaired) electrons. The molecule has 33 heavy (non-hydrogen) atoms. The van der Waals surface area contributed by atoms with Crippen LogP contribution in [0.25, 0.3) is 0 Å². The van der Waals surface area contributed by atoms with Crippen LogP contribution in [-0.4, -0.2) is 60.0 Å². The van der Waals surface area contributed by atoms with E-state index in [1.807, 2.05) is 29.2 Å². The lowest BCUT2D eigenvalue weighted by Crippen LogP contribution is -2.51. The minimum absolute atomic E-state index is 0.196. The molecule has 6 nitrogen and oxygen atoms in total. The predicted molar refractivity (Wildman–Crippen MR) is 134 cm³/mol. The van der Waals surface area contributed by atoms with E-state index in [1.165, 1.54) is 24.1 Å². The van der Waals surface area contributed by atoms with Crippen LogP contribution in [0.5, 0.6) is 0 Å². The molecule has 2 aromatic rings. The SMILES string of the molecule is CCCCCNCC(C(=O)N1CCN(c2ncnc3c2C(C)CC3)CC1)c1ccc(Cl)cc1. The van der Waals surface area contributed by atoms with Crippen molar-refractivity contribution in [2.24, 2.45) is 0 Å². The monoisotopic (exact) mass is 469 g/mol. The van der Waals surface area contributed by atoms with Gasteiger partial charge in [0.25, 0.3) is 0 Å². The van der Waals surface area contributed by atoms with Crippen LogP contribution >= 0.6 is 11.6 Å². The number of nitrogens with zero attached hydrogens (tertiary/aromatic N) is 4. The van der Waals surface area contributed by atoms with Crippen molar-refractivity contribution in [1.82, 2.24) is 20.2 Å². The molecule has 1 aromatic heterocycles. The molecule has 1 fully saturated rings. The smallest absolute Gasteiger partial charge is 0.231 e. The summed E-state index contributed by atoms with van der Waals surface area (Å²) in [5.41, 5.74) is 3.54. The molecule has 2 heterocycles. The maximum absolute atomic E-state index is 13.6. The normalized spacial score (nSPS) is 18.9. The van der Waals surface area contributed by atoms with Gasteiger partial charge in [0.05, 0.1) is 5.92 Å². The second-order valence-electron chi connectivity index (χ2n) is 9.33. The van der Waals surface area contributed by atoms with Crippen LogP contribution in [-0.2, 0) is 11.2 Å². The van der Waals surface area contributed by atoms with Gasteiger partial charge in [-0.05, 0) is 49.4 Å². The number of aromatic nitrogens is 2. The van der Waals surface area contributed by atoms with Crippen molar-refractivity contribution in [3.05, 3.63) is 52.4 Å². The number of carbonyl (C=O) groups is 1. The highest BCUT2D eigenvalue weighted by molar-refractivity contribution is 6.30. The number of halogens is 1. The third-order valence-electron chi connectivity index (χ3n) is 7.02. The Labute approximate surface area is 202 Å². The van der Waals surface area contributed by atoms with Gasteiger partial charge in [-0.1, -0.05) is 50.4 Å². The Hall–Kier alpha value is -2.18. The average molecular weight is 470 g/mol. The first-order valence-electron chi connectivity index (χ1n) is 12.4. The largest absolute Gasteiger partial charge is 0.353 e. The van der Waals surface area contributed by atoms with Crippen LogP contribution in [0.3, 0.4) is 0 Å². The number of nitrogens with one attached hydrogen (secondary N) is 1. The van der Waals surface area contributed by atoms with Crippen LogP contribution in [0, 0.1) is 0 Å². The topological polar surface area (TPSA) is 61.4 Å². The van der Waals surface area contributed by atoms with Crippen molar-refractivity contribution in [3.63, 3.8) is 0 Å². The zero-order valence-electron chi connectivity index (χ0n) is 19.9. The van der Waals surface area contributed by atoms with Gasteiger partial charge in [-0.15, -0.1) is 0 Å². The van der Waals surface area contributed by atoms with Crippen molar-refractivity contribution < 1.29 is 4.79 Å². The molecule has 2 aliphatic rings. The van der Waals surface area contributed by atoms with E-state index in [1.54, 1.807) is 6.33 Å². The Morgan fingerprint density at radius 2 is 1.91 bits per heavy atom. The summed E-state index contributed by atoms with van der Waals surface area (Å²) in [6.45, 7) is 9.10. The second-order valence-corrected chi connectivity index (χ2v) is 9.76. The van der Waals surface area contributed by atoms with Gasteiger partial charge in [0.1, 0.15) is 12.1 Å². The molecular formula is C26H36ClN5O. The fourth-order valence-electron chi connectivity index (χ4n) is 5.02. The number of anilines is 1. The summed E-state index contributed by atoms with van der Waals surface area (Å²) in [4.78, 5) is 27.1. The van der Waals surface area contributed by atoms with Gasteiger partial charge < -0.3 is 15.1 Å². The number of piperazine rings is 1. The molecule has 1 aliphatic heterocycles. The lowest BCUT2D eigenvalue weighted by atomic mass is 9.96. The van der Waals surface area contributed by atoms with E-state index in [0.717, 1.165) is 50.3 Å². The maximum Gasteiger partial charge on any atom is 0.231 e. The van der Waals surface area contributed by atoms with E-state index < -0.39 is 0 Å². The molecule has 2 atom stereocenters. The first kappa shape index (κ1) is 24.0. The number of amides is 1. The van der Waals surface area contributed by atoms with Gasteiger partial charge >= 0.3 is 0 Å². The Morgan fingerprint density at radius 3 is 2.64 bits per heavy atom. The van der Waals surface area contributed by atoms with E-state index in [-0.39, 0.29) is 11.8 Å². The zero-order chi connectivity index (χ0) is 23.2. The Bertz CT molecular complexity index is 927. The van der Waals surface area contributed by atoms with E-state index in [2.05, 4.69) is 34.0 Å².